The fraction of sp³-hybridized carbons (Fsp3) is 0.727. The lowest BCUT2D eigenvalue weighted by Crippen LogP contribution is -2.36. The lowest BCUT2D eigenvalue weighted by Gasteiger charge is -2.29. The van der Waals surface area contributed by atoms with Gasteiger partial charge in [-0.2, -0.15) is 0 Å². The molecule has 1 N–H and O–H groups in total. The minimum Gasteiger partial charge on any atom is -0.466 e. The van der Waals surface area contributed by atoms with Crippen molar-refractivity contribution < 1.29 is 9.53 Å². The summed E-state index contributed by atoms with van der Waals surface area (Å²) in [5, 5.41) is 3.30. The number of carbonyl (C=O) groups is 1. The van der Waals surface area contributed by atoms with E-state index >= 15 is 0 Å². The lowest BCUT2D eigenvalue weighted by molar-refractivity contribution is -0.144. The highest BCUT2D eigenvalue weighted by Gasteiger charge is 2.24. The van der Waals surface area contributed by atoms with Gasteiger partial charge in [-0.1, -0.05) is 6.08 Å². The summed E-state index contributed by atoms with van der Waals surface area (Å²) in [6.45, 7) is 8.04. The van der Waals surface area contributed by atoms with E-state index in [-0.39, 0.29) is 18.4 Å². The molecule has 0 aromatic carbocycles. The molecule has 1 heterocycles. The summed E-state index contributed by atoms with van der Waals surface area (Å²) in [6.07, 6.45) is 3.51. The molecule has 4 heteroatoms. The first-order chi connectivity index (χ1) is 6.77. The van der Waals surface area contributed by atoms with E-state index in [0.29, 0.717) is 24.9 Å². The number of ether oxygens (including phenoxy) is 1. The molecular weight excluding hydrogens is 214 g/mol. The molecule has 3 nitrogen and oxygen atoms in total. The summed E-state index contributed by atoms with van der Waals surface area (Å²) in [7, 11) is 0. The maximum absolute atomic E-state index is 11.3. The highest BCUT2D eigenvalue weighted by Crippen LogP contribution is 2.23. The Balaban J connectivity index is 0.00000196. The van der Waals surface area contributed by atoms with Gasteiger partial charge < -0.3 is 10.1 Å². The van der Waals surface area contributed by atoms with Crippen molar-refractivity contribution in [2.75, 3.05) is 19.7 Å². The number of carbonyl (C=O) groups excluding carboxylic acids is 1. The summed E-state index contributed by atoms with van der Waals surface area (Å²) < 4.78 is 4.94. The standard InChI is InChI=1S/C11H19NO2.ClH/c1-3-9-8-12-6-5-10(9)7-11(13)14-4-2;/h3,9-10,12H,1,4-8H2,2H3;1H. The molecule has 1 aliphatic rings. The second-order valence-electron chi connectivity index (χ2n) is 3.66. The molecule has 2 atom stereocenters. The Hall–Kier alpha value is -0.540. The monoisotopic (exact) mass is 233 g/mol. The van der Waals surface area contributed by atoms with E-state index in [1.54, 1.807) is 0 Å². The van der Waals surface area contributed by atoms with Crippen LogP contribution in [-0.4, -0.2) is 25.7 Å². The Morgan fingerprint density at radius 3 is 3.00 bits per heavy atom. The number of piperidine rings is 1. The van der Waals surface area contributed by atoms with Crippen LogP contribution >= 0.6 is 12.4 Å². The average molecular weight is 234 g/mol. The van der Waals surface area contributed by atoms with Crippen LogP contribution in [0.1, 0.15) is 19.8 Å². The van der Waals surface area contributed by atoms with Gasteiger partial charge in [0, 0.05) is 13.0 Å². The molecule has 0 aromatic heterocycles. The van der Waals surface area contributed by atoms with Crippen LogP contribution in [0.4, 0.5) is 0 Å². The van der Waals surface area contributed by atoms with Gasteiger partial charge >= 0.3 is 5.97 Å². The number of halogens is 1. The zero-order valence-electron chi connectivity index (χ0n) is 9.20. The quantitative estimate of drug-likeness (QED) is 0.594. The molecule has 15 heavy (non-hydrogen) atoms. The minimum atomic E-state index is -0.0775. The second kappa shape index (κ2) is 7.71. The second-order valence-corrected chi connectivity index (χ2v) is 3.66. The molecule has 2 unspecified atom stereocenters. The highest BCUT2D eigenvalue weighted by molar-refractivity contribution is 5.85. The average Bonchev–Trinajstić information content (AvgIpc) is 2.19. The molecule has 0 aliphatic carbocycles. The number of esters is 1. The SMILES string of the molecule is C=CC1CNCCC1CC(=O)OCC.Cl. The molecule has 0 amide bonds. The first kappa shape index (κ1) is 14.5. The van der Waals surface area contributed by atoms with Gasteiger partial charge in [0.05, 0.1) is 6.61 Å². The van der Waals surface area contributed by atoms with E-state index in [4.69, 9.17) is 4.74 Å². The van der Waals surface area contributed by atoms with E-state index in [1.165, 1.54) is 0 Å². The van der Waals surface area contributed by atoms with Crippen molar-refractivity contribution in [1.29, 1.82) is 0 Å². The van der Waals surface area contributed by atoms with Gasteiger partial charge in [0.15, 0.2) is 0 Å². The summed E-state index contributed by atoms with van der Waals surface area (Å²) in [5.74, 6) is 0.743. The molecule has 1 saturated heterocycles. The van der Waals surface area contributed by atoms with E-state index in [2.05, 4.69) is 11.9 Å². The van der Waals surface area contributed by atoms with Crippen molar-refractivity contribution in [1.82, 2.24) is 5.32 Å². The molecule has 1 rings (SSSR count). The number of hydrogen-bond acceptors (Lipinski definition) is 3. The van der Waals surface area contributed by atoms with Gasteiger partial charge in [-0.05, 0) is 31.7 Å². The van der Waals surface area contributed by atoms with Crippen LogP contribution in [0, 0.1) is 11.8 Å². The van der Waals surface area contributed by atoms with Crippen LogP contribution < -0.4 is 5.32 Å². The Morgan fingerprint density at radius 1 is 1.67 bits per heavy atom. The maximum atomic E-state index is 11.3. The van der Waals surface area contributed by atoms with Crippen LogP contribution in [0.25, 0.3) is 0 Å². The molecule has 0 aromatic rings. The third-order valence-corrected chi connectivity index (χ3v) is 2.71. The minimum absolute atomic E-state index is 0. The van der Waals surface area contributed by atoms with Crippen LogP contribution in [0.2, 0.25) is 0 Å². The van der Waals surface area contributed by atoms with Gasteiger partial charge in [-0.15, -0.1) is 19.0 Å². The summed E-state index contributed by atoms with van der Waals surface area (Å²) in [4.78, 5) is 11.3. The first-order valence-electron chi connectivity index (χ1n) is 5.26. The van der Waals surface area contributed by atoms with Crippen molar-refractivity contribution in [2.24, 2.45) is 11.8 Å². The summed E-state index contributed by atoms with van der Waals surface area (Å²) >= 11 is 0. The largest absolute Gasteiger partial charge is 0.466 e. The number of rotatable bonds is 4. The van der Waals surface area contributed by atoms with E-state index in [0.717, 1.165) is 19.5 Å². The van der Waals surface area contributed by atoms with Gasteiger partial charge in [-0.3, -0.25) is 4.79 Å². The van der Waals surface area contributed by atoms with Gasteiger partial charge in [0.2, 0.25) is 0 Å². The first-order valence-corrected chi connectivity index (χ1v) is 5.26. The Morgan fingerprint density at radius 2 is 2.40 bits per heavy atom. The number of hydrogen-bond donors (Lipinski definition) is 1. The summed E-state index contributed by atoms with van der Waals surface area (Å²) in [6, 6.07) is 0. The summed E-state index contributed by atoms with van der Waals surface area (Å²) in [5.41, 5.74) is 0. The molecule has 0 spiro atoms. The zero-order valence-corrected chi connectivity index (χ0v) is 10.0. The fourth-order valence-corrected chi connectivity index (χ4v) is 1.90. The van der Waals surface area contributed by atoms with Gasteiger partial charge in [0.1, 0.15) is 0 Å². The molecule has 88 valence electrons. The fourth-order valence-electron chi connectivity index (χ4n) is 1.90. The third kappa shape index (κ3) is 4.67. The van der Waals surface area contributed by atoms with Gasteiger partial charge in [-0.25, -0.2) is 0 Å². The zero-order chi connectivity index (χ0) is 10.4. The third-order valence-electron chi connectivity index (χ3n) is 2.71. The van der Waals surface area contributed by atoms with Crippen LogP contribution in [0.5, 0.6) is 0 Å². The molecule has 0 bridgehead atoms. The molecule has 1 fully saturated rings. The maximum Gasteiger partial charge on any atom is 0.306 e. The Bertz CT molecular complexity index is 209. The van der Waals surface area contributed by atoms with E-state index < -0.39 is 0 Å². The van der Waals surface area contributed by atoms with E-state index in [1.807, 2.05) is 13.0 Å². The van der Waals surface area contributed by atoms with Crippen molar-refractivity contribution in [3.05, 3.63) is 12.7 Å². The van der Waals surface area contributed by atoms with Crippen molar-refractivity contribution in [3.63, 3.8) is 0 Å². The smallest absolute Gasteiger partial charge is 0.306 e. The van der Waals surface area contributed by atoms with Crippen molar-refractivity contribution in [3.8, 4) is 0 Å². The van der Waals surface area contributed by atoms with Crippen molar-refractivity contribution >= 4 is 18.4 Å². The predicted molar refractivity (Wildman–Crippen MR) is 63.2 cm³/mol. The lowest BCUT2D eigenvalue weighted by atomic mass is 9.84. The van der Waals surface area contributed by atoms with E-state index in [9.17, 15) is 4.79 Å². The van der Waals surface area contributed by atoms with Crippen LogP contribution in [-0.2, 0) is 9.53 Å². The van der Waals surface area contributed by atoms with Crippen LogP contribution in [0.3, 0.4) is 0 Å². The number of nitrogens with one attached hydrogen (secondary N) is 1. The van der Waals surface area contributed by atoms with Crippen LogP contribution in [0.15, 0.2) is 12.7 Å². The molecular formula is C11H20ClNO2. The molecule has 0 saturated carbocycles. The topological polar surface area (TPSA) is 38.3 Å². The normalized spacial score (nSPS) is 25.1. The Kier molecular flexibility index (Phi) is 7.44. The Labute approximate surface area is 97.7 Å². The predicted octanol–water partition coefficient (Wildman–Crippen LogP) is 1.77. The van der Waals surface area contributed by atoms with Gasteiger partial charge in [0.25, 0.3) is 0 Å². The molecule has 0 radical (unpaired) electrons. The van der Waals surface area contributed by atoms with Crippen molar-refractivity contribution in [2.45, 2.75) is 19.8 Å². The highest BCUT2D eigenvalue weighted by atomic mass is 35.5. The molecule has 1 aliphatic heterocycles.